The van der Waals surface area contributed by atoms with E-state index in [4.69, 9.17) is 9.47 Å². The number of benzene rings is 2. The van der Waals surface area contributed by atoms with Crippen LogP contribution in [0.1, 0.15) is 32.3 Å². The molecule has 0 bridgehead atoms. The number of alkyl halides is 3. The van der Waals surface area contributed by atoms with Crippen molar-refractivity contribution in [2.75, 3.05) is 27.3 Å². The lowest BCUT2D eigenvalue weighted by molar-refractivity contribution is -0.275. The van der Waals surface area contributed by atoms with Crippen LogP contribution in [0.15, 0.2) is 52.5 Å². The van der Waals surface area contributed by atoms with E-state index in [1.165, 1.54) is 31.4 Å². The van der Waals surface area contributed by atoms with E-state index in [1.54, 1.807) is 32.0 Å². The fourth-order valence-electron chi connectivity index (χ4n) is 4.65. The molecule has 1 fully saturated rings. The summed E-state index contributed by atoms with van der Waals surface area (Å²) < 4.78 is 80.5. The van der Waals surface area contributed by atoms with Crippen LogP contribution < -0.4 is 14.2 Å². The number of rotatable bonds is 7. The highest BCUT2D eigenvalue weighted by Gasteiger charge is 2.47. The quantitative estimate of drug-likeness (QED) is 0.512. The van der Waals surface area contributed by atoms with E-state index in [9.17, 15) is 26.4 Å². The Morgan fingerprint density at radius 2 is 1.61 bits per heavy atom. The molecule has 0 saturated carbocycles. The Labute approximate surface area is 218 Å². The van der Waals surface area contributed by atoms with E-state index in [0.717, 1.165) is 16.4 Å². The predicted octanol–water partition coefficient (Wildman–Crippen LogP) is 4.03. The number of halogens is 3. The molecule has 38 heavy (non-hydrogen) atoms. The molecule has 2 heterocycles. The average molecular weight is 556 g/mol. The van der Waals surface area contributed by atoms with Gasteiger partial charge >= 0.3 is 6.36 Å². The van der Waals surface area contributed by atoms with Gasteiger partial charge in [0.25, 0.3) is 5.91 Å². The van der Waals surface area contributed by atoms with Gasteiger partial charge in [-0.25, -0.2) is 13.4 Å². The predicted molar refractivity (Wildman–Crippen MR) is 132 cm³/mol. The van der Waals surface area contributed by atoms with Gasteiger partial charge in [0.1, 0.15) is 10.6 Å². The van der Waals surface area contributed by atoms with Gasteiger partial charge in [-0.15, -0.1) is 13.2 Å². The maximum Gasteiger partial charge on any atom is 0.573 e. The molecule has 9 nitrogen and oxygen atoms in total. The maximum absolute atomic E-state index is 13.4. The normalized spacial score (nSPS) is 18.9. The van der Waals surface area contributed by atoms with E-state index in [1.807, 2.05) is 0 Å². The molecule has 0 aliphatic carbocycles. The van der Waals surface area contributed by atoms with Gasteiger partial charge < -0.3 is 14.2 Å². The SMILES string of the molecule is COc1ccc(C2=NN(C3CCN(S(=O)(=O)c4ccccc4OC(F)(F)F)CC3)C(=O)C2(C)C)cc1OC. The van der Waals surface area contributed by atoms with Crippen molar-refractivity contribution in [3.05, 3.63) is 48.0 Å². The van der Waals surface area contributed by atoms with Crippen molar-refractivity contribution in [3.8, 4) is 17.2 Å². The highest BCUT2D eigenvalue weighted by atomic mass is 32.2. The summed E-state index contributed by atoms with van der Waals surface area (Å²) in [6.45, 7) is 3.53. The van der Waals surface area contributed by atoms with Gasteiger partial charge in [-0.05, 0) is 57.0 Å². The minimum Gasteiger partial charge on any atom is -0.493 e. The van der Waals surface area contributed by atoms with Gasteiger partial charge in [-0.1, -0.05) is 12.1 Å². The highest BCUT2D eigenvalue weighted by Crippen LogP contribution is 2.38. The third-order valence-corrected chi connectivity index (χ3v) is 8.60. The van der Waals surface area contributed by atoms with Crippen LogP contribution in [0, 0.1) is 5.41 Å². The molecular weight excluding hydrogens is 527 g/mol. The number of hydrogen-bond acceptors (Lipinski definition) is 7. The zero-order chi connectivity index (χ0) is 27.9. The first-order chi connectivity index (χ1) is 17.8. The lowest BCUT2D eigenvalue weighted by atomic mass is 9.83. The number of piperidine rings is 1. The van der Waals surface area contributed by atoms with Crippen molar-refractivity contribution in [2.24, 2.45) is 10.5 Å². The summed E-state index contributed by atoms with van der Waals surface area (Å²) in [7, 11) is -1.24. The third kappa shape index (κ3) is 5.17. The van der Waals surface area contributed by atoms with Crippen LogP contribution in [0.25, 0.3) is 0 Å². The topological polar surface area (TPSA) is 97.7 Å². The Balaban J connectivity index is 1.54. The lowest BCUT2D eigenvalue weighted by Crippen LogP contribution is -2.47. The number of sulfonamides is 1. The molecule has 1 saturated heterocycles. The number of carbonyl (C=O) groups is 1. The Morgan fingerprint density at radius 3 is 2.21 bits per heavy atom. The first-order valence-corrected chi connectivity index (χ1v) is 13.2. The number of ether oxygens (including phenoxy) is 3. The molecule has 2 aliphatic rings. The second-order valence-corrected chi connectivity index (χ2v) is 11.3. The summed E-state index contributed by atoms with van der Waals surface area (Å²) in [5.74, 6) is 0.00425. The van der Waals surface area contributed by atoms with E-state index in [0.29, 0.717) is 22.8 Å². The van der Waals surface area contributed by atoms with Crippen molar-refractivity contribution in [2.45, 2.75) is 44.0 Å². The van der Waals surface area contributed by atoms with Gasteiger partial charge in [0.2, 0.25) is 10.0 Å². The number of hydrazone groups is 1. The number of hydrogen-bond donors (Lipinski definition) is 0. The van der Waals surface area contributed by atoms with Crippen LogP contribution in [-0.2, 0) is 14.8 Å². The van der Waals surface area contributed by atoms with Crippen LogP contribution in [0.2, 0.25) is 0 Å². The molecule has 206 valence electrons. The molecule has 0 atom stereocenters. The molecule has 4 rings (SSSR count). The van der Waals surface area contributed by atoms with Crippen molar-refractivity contribution in [1.29, 1.82) is 0 Å². The van der Waals surface area contributed by atoms with Crippen molar-refractivity contribution in [1.82, 2.24) is 9.31 Å². The van der Waals surface area contributed by atoms with Gasteiger partial charge in [0.15, 0.2) is 11.5 Å². The number of para-hydroxylation sites is 1. The Kier molecular flexibility index (Phi) is 7.36. The van der Waals surface area contributed by atoms with E-state index in [-0.39, 0.29) is 37.9 Å². The number of nitrogens with zero attached hydrogens (tertiary/aromatic N) is 3. The second kappa shape index (κ2) is 10.1. The molecule has 2 aromatic carbocycles. The standard InChI is InChI=1S/C25H28F3N3O6S/c1-24(2)22(16-9-10-18(35-3)20(15-16)36-4)29-31(23(24)32)17-11-13-30(14-12-17)38(33,34)21-8-6-5-7-19(21)37-25(26,27)28/h5-10,15,17H,11-14H2,1-4H3. The maximum atomic E-state index is 13.4. The molecule has 1 amide bonds. The Hall–Kier alpha value is -3.32. The summed E-state index contributed by atoms with van der Waals surface area (Å²) in [5, 5.41) is 6.04. The highest BCUT2D eigenvalue weighted by molar-refractivity contribution is 7.89. The number of carbonyl (C=O) groups excluding carboxylic acids is 1. The van der Waals surface area contributed by atoms with Gasteiger partial charge in [0, 0.05) is 18.7 Å². The monoisotopic (exact) mass is 555 g/mol. The van der Waals surface area contributed by atoms with E-state index >= 15 is 0 Å². The van der Waals surface area contributed by atoms with Gasteiger partial charge in [-0.3, -0.25) is 4.79 Å². The molecule has 13 heteroatoms. The first-order valence-electron chi connectivity index (χ1n) is 11.8. The molecule has 0 aromatic heterocycles. The average Bonchev–Trinajstić information content (AvgIpc) is 3.11. The smallest absolute Gasteiger partial charge is 0.493 e. The summed E-state index contributed by atoms with van der Waals surface area (Å²) in [6, 6.07) is 9.51. The molecule has 0 spiro atoms. The lowest BCUT2D eigenvalue weighted by Gasteiger charge is -2.35. The molecule has 2 aliphatic heterocycles. The van der Waals surface area contributed by atoms with Crippen LogP contribution in [-0.4, -0.2) is 69.1 Å². The zero-order valence-electron chi connectivity index (χ0n) is 21.3. The zero-order valence-corrected chi connectivity index (χ0v) is 22.1. The number of amides is 1. The number of methoxy groups -OCH3 is 2. The largest absolute Gasteiger partial charge is 0.573 e. The van der Waals surface area contributed by atoms with Crippen LogP contribution in [0.4, 0.5) is 13.2 Å². The molecular formula is C25H28F3N3O6S. The van der Waals surface area contributed by atoms with Crippen molar-refractivity contribution >= 4 is 21.6 Å². The molecule has 2 aromatic rings. The molecule has 0 unspecified atom stereocenters. The van der Waals surface area contributed by atoms with Crippen molar-refractivity contribution < 1.29 is 40.6 Å². The Bertz CT molecular complexity index is 1350. The Morgan fingerprint density at radius 1 is 0.974 bits per heavy atom. The summed E-state index contributed by atoms with van der Waals surface area (Å²) in [5.41, 5.74) is 0.276. The van der Waals surface area contributed by atoms with Crippen LogP contribution >= 0.6 is 0 Å². The molecule has 0 radical (unpaired) electrons. The van der Waals surface area contributed by atoms with Crippen LogP contribution in [0.5, 0.6) is 17.2 Å². The molecule has 0 N–H and O–H groups in total. The summed E-state index contributed by atoms with van der Waals surface area (Å²) in [6.07, 6.45) is -4.52. The first kappa shape index (κ1) is 27.7. The minimum absolute atomic E-state index is 0.00122. The van der Waals surface area contributed by atoms with E-state index < -0.39 is 32.4 Å². The summed E-state index contributed by atoms with van der Waals surface area (Å²) in [4.78, 5) is 12.8. The van der Waals surface area contributed by atoms with Gasteiger partial charge in [-0.2, -0.15) is 9.41 Å². The van der Waals surface area contributed by atoms with Crippen molar-refractivity contribution in [3.63, 3.8) is 0 Å². The van der Waals surface area contributed by atoms with Gasteiger partial charge in [0.05, 0.1) is 31.4 Å². The summed E-state index contributed by atoms with van der Waals surface area (Å²) >= 11 is 0. The van der Waals surface area contributed by atoms with Crippen LogP contribution in [0.3, 0.4) is 0 Å². The van der Waals surface area contributed by atoms with E-state index in [2.05, 4.69) is 9.84 Å². The third-order valence-electron chi connectivity index (χ3n) is 6.66. The minimum atomic E-state index is -5.04. The fourth-order valence-corrected chi connectivity index (χ4v) is 6.24. The fraction of sp³-hybridized carbons (Fsp3) is 0.440. The second-order valence-electron chi connectivity index (χ2n) is 9.42.